The normalized spacial score (nSPS) is 12.5. The van der Waals surface area contributed by atoms with Crippen LogP contribution in [0.25, 0.3) is 0 Å². The molecule has 0 aliphatic rings. The first-order chi connectivity index (χ1) is 9.88. The summed E-state index contributed by atoms with van der Waals surface area (Å²) in [4.78, 5) is 8.76. The van der Waals surface area contributed by atoms with Crippen molar-refractivity contribution in [1.82, 2.24) is 9.97 Å². The molecule has 0 aliphatic carbocycles. The number of benzene rings is 1. The highest BCUT2D eigenvalue weighted by Gasteiger charge is 2.14. The van der Waals surface area contributed by atoms with Crippen LogP contribution in [0.15, 0.2) is 23.4 Å². The molecule has 6 heteroatoms. The summed E-state index contributed by atoms with van der Waals surface area (Å²) in [5.41, 5.74) is 9.17. The van der Waals surface area contributed by atoms with E-state index in [-0.39, 0.29) is 0 Å². The Morgan fingerprint density at radius 3 is 2.33 bits per heavy atom. The number of nitrogens with two attached hydrogens (primary N) is 1. The molecule has 3 nitrogen and oxygen atoms in total. The minimum atomic E-state index is -0.625. The summed E-state index contributed by atoms with van der Waals surface area (Å²) in [6.07, 6.45) is 0. The van der Waals surface area contributed by atoms with Crippen molar-refractivity contribution >= 4 is 11.8 Å². The van der Waals surface area contributed by atoms with Crippen LogP contribution in [0, 0.1) is 32.4 Å². The second kappa shape index (κ2) is 6.49. The SMILES string of the molecule is Cc1nc(SCC(N)c2ccc(F)cc2F)nc(C)c1C. The molecule has 1 unspecified atom stereocenters. The van der Waals surface area contributed by atoms with Gasteiger partial charge in [0.2, 0.25) is 0 Å². The number of hydrogen-bond donors (Lipinski definition) is 1. The molecule has 0 saturated carbocycles. The number of halogens is 2. The maximum Gasteiger partial charge on any atom is 0.188 e. The number of thioether (sulfide) groups is 1. The maximum absolute atomic E-state index is 13.6. The van der Waals surface area contributed by atoms with Gasteiger partial charge >= 0.3 is 0 Å². The Morgan fingerprint density at radius 2 is 1.76 bits per heavy atom. The fourth-order valence-corrected chi connectivity index (χ4v) is 2.77. The second-order valence-corrected chi connectivity index (χ2v) is 5.87. The quantitative estimate of drug-likeness (QED) is 0.694. The van der Waals surface area contributed by atoms with Crippen LogP contribution in [0.2, 0.25) is 0 Å². The van der Waals surface area contributed by atoms with Crippen LogP contribution >= 0.6 is 11.8 Å². The molecule has 0 bridgehead atoms. The summed E-state index contributed by atoms with van der Waals surface area (Å²) in [7, 11) is 0. The van der Waals surface area contributed by atoms with Crippen molar-refractivity contribution in [3.63, 3.8) is 0 Å². The molecular formula is C15H17F2N3S. The van der Waals surface area contributed by atoms with Gasteiger partial charge in [0.25, 0.3) is 0 Å². The lowest BCUT2D eigenvalue weighted by Gasteiger charge is -2.13. The van der Waals surface area contributed by atoms with Crippen molar-refractivity contribution in [3.05, 3.63) is 52.3 Å². The van der Waals surface area contributed by atoms with E-state index in [2.05, 4.69) is 9.97 Å². The number of nitrogens with zero attached hydrogens (tertiary/aromatic N) is 2. The van der Waals surface area contributed by atoms with E-state index in [0.717, 1.165) is 23.0 Å². The molecule has 1 aromatic carbocycles. The molecule has 21 heavy (non-hydrogen) atoms. The molecule has 0 aliphatic heterocycles. The highest BCUT2D eigenvalue weighted by Crippen LogP contribution is 2.24. The number of rotatable bonds is 4. The Hall–Kier alpha value is -1.53. The van der Waals surface area contributed by atoms with Gasteiger partial charge in [-0.3, -0.25) is 0 Å². The lowest BCUT2D eigenvalue weighted by molar-refractivity contribution is 0.563. The summed E-state index contributed by atoms with van der Waals surface area (Å²) in [5.74, 6) is -0.811. The van der Waals surface area contributed by atoms with Crippen molar-refractivity contribution in [1.29, 1.82) is 0 Å². The molecule has 0 radical (unpaired) electrons. The van der Waals surface area contributed by atoms with E-state index in [1.807, 2.05) is 20.8 Å². The van der Waals surface area contributed by atoms with Crippen LogP contribution in [-0.4, -0.2) is 15.7 Å². The van der Waals surface area contributed by atoms with E-state index in [9.17, 15) is 8.78 Å². The lowest BCUT2D eigenvalue weighted by Crippen LogP contribution is -2.15. The first-order valence-electron chi connectivity index (χ1n) is 6.53. The predicted molar refractivity (Wildman–Crippen MR) is 80.3 cm³/mol. The molecule has 1 atom stereocenters. The van der Waals surface area contributed by atoms with Crippen molar-refractivity contribution in [2.45, 2.75) is 32.0 Å². The molecule has 2 N–H and O–H groups in total. The van der Waals surface area contributed by atoms with Crippen LogP contribution in [0.4, 0.5) is 8.78 Å². The zero-order valence-electron chi connectivity index (χ0n) is 12.2. The molecule has 0 spiro atoms. The number of aryl methyl sites for hydroxylation is 2. The highest BCUT2D eigenvalue weighted by atomic mass is 32.2. The topological polar surface area (TPSA) is 51.8 Å². The van der Waals surface area contributed by atoms with Gasteiger partial charge in [-0.15, -0.1) is 0 Å². The fourth-order valence-electron chi connectivity index (χ4n) is 1.86. The summed E-state index contributed by atoms with van der Waals surface area (Å²) >= 11 is 1.37. The average molecular weight is 309 g/mol. The van der Waals surface area contributed by atoms with E-state index in [1.54, 1.807) is 0 Å². The van der Waals surface area contributed by atoms with E-state index >= 15 is 0 Å². The molecule has 0 saturated heterocycles. The zero-order valence-corrected chi connectivity index (χ0v) is 13.0. The standard InChI is InChI=1S/C15H17F2N3S/c1-8-9(2)19-15(20-10(8)3)21-7-14(18)12-5-4-11(16)6-13(12)17/h4-6,14H,7,18H2,1-3H3. The van der Waals surface area contributed by atoms with Gasteiger partial charge in [-0.1, -0.05) is 17.8 Å². The Balaban J connectivity index is 2.09. The second-order valence-electron chi connectivity index (χ2n) is 4.89. The molecular weight excluding hydrogens is 292 g/mol. The van der Waals surface area contributed by atoms with Gasteiger partial charge in [-0.2, -0.15) is 0 Å². The Bertz CT molecular complexity index is 638. The van der Waals surface area contributed by atoms with E-state index in [0.29, 0.717) is 16.5 Å². The number of hydrogen-bond acceptors (Lipinski definition) is 4. The first-order valence-corrected chi connectivity index (χ1v) is 7.52. The largest absolute Gasteiger partial charge is 0.323 e. The molecule has 0 fully saturated rings. The van der Waals surface area contributed by atoms with E-state index < -0.39 is 17.7 Å². The van der Waals surface area contributed by atoms with Gasteiger partial charge in [0.1, 0.15) is 11.6 Å². The predicted octanol–water partition coefficient (Wildman–Crippen LogP) is 3.47. The van der Waals surface area contributed by atoms with Gasteiger partial charge in [0, 0.05) is 34.8 Å². The van der Waals surface area contributed by atoms with Crippen molar-refractivity contribution in [2.75, 3.05) is 5.75 Å². The van der Waals surface area contributed by atoms with E-state index in [4.69, 9.17) is 5.73 Å². The minimum absolute atomic E-state index is 0.296. The monoisotopic (exact) mass is 309 g/mol. The van der Waals surface area contributed by atoms with Crippen molar-refractivity contribution in [3.8, 4) is 0 Å². The van der Waals surface area contributed by atoms with Crippen LogP contribution in [0.1, 0.15) is 28.6 Å². The third-order valence-electron chi connectivity index (χ3n) is 3.37. The summed E-state index contributed by atoms with van der Waals surface area (Å²) in [5, 5.41) is 0.619. The van der Waals surface area contributed by atoms with Crippen LogP contribution in [-0.2, 0) is 0 Å². The zero-order chi connectivity index (χ0) is 15.6. The highest BCUT2D eigenvalue weighted by molar-refractivity contribution is 7.99. The van der Waals surface area contributed by atoms with Gasteiger partial charge in [-0.25, -0.2) is 18.7 Å². The Morgan fingerprint density at radius 1 is 1.14 bits per heavy atom. The van der Waals surface area contributed by atoms with Gasteiger partial charge in [0.15, 0.2) is 5.16 Å². The summed E-state index contributed by atoms with van der Waals surface area (Å²) < 4.78 is 26.5. The molecule has 0 amide bonds. The average Bonchev–Trinajstić information content (AvgIpc) is 2.42. The minimum Gasteiger partial charge on any atom is -0.323 e. The Labute approximate surface area is 127 Å². The maximum atomic E-state index is 13.6. The van der Waals surface area contributed by atoms with E-state index in [1.165, 1.54) is 23.9 Å². The lowest BCUT2D eigenvalue weighted by atomic mass is 10.1. The molecule has 2 rings (SSSR count). The smallest absolute Gasteiger partial charge is 0.188 e. The molecule has 112 valence electrons. The van der Waals surface area contributed by atoms with Gasteiger partial charge < -0.3 is 5.73 Å². The summed E-state index contributed by atoms with van der Waals surface area (Å²) in [6.45, 7) is 5.82. The Kier molecular flexibility index (Phi) is 4.90. The van der Waals surface area contributed by atoms with Gasteiger partial charge in [0.05, 0.1) is 0 Å². The first kappa shape index (κ1) is 15.9. The van der Waals surface area contributed by atoms with Crippen LogP contribution in [0.5, 0.6) is 0 Å². The fraction of sp³-hybridized carbons (Fsp3) is 0.333. The van der Waals surface area contributed by atoms with Gasteiger partial charge in [-0.05, 0) is 32.4 Å². The molecule has 2 aromatic rings. The van der Waals surface area contributed by atoms with Crippen molar-refractivity contribution < 1.29 is 8.78 Å². The summed E-state index contributed by atoms with van der Waals surface area (Å²) in [6, 6.07) is 2.89. The van der Waals surface area contributed by atoms with Crippen LogP contribution in [0.3, 0.4) is 0 Å². The molecule has 1 heterocycles. The molecule has 1 aromatic heterocycles. The van der Waals surface area contributed by atoms with Crippen LogP contribution < -0.4 is 5.73 Å². The third-order valence-corrected chi connectivity index (χ3v) is 4.33. The third kappa shape index (κ3) is 3.77. The number of aromatic nitrogens is 2. The van der Waals surface area contributed by atoms with Crippen molar-refractivity contribution in [2.24, 2.45) is 5.73 Å².